The van der Waals surface area contributed by atoms with Crippen LogP contribution in [0.2, 0.25) is 0 Å². The van der Waals surface area contributed by atoms with Crippen molar-refractivity contribution in [3.8, 4) is 0 Å². The molecule has 2 aromatic carbocycles. The summed E-state index contributed by atoms with van der Waals surface area (Å²) in [6.07, 6.45) is 5.41. The third kappa shape index (κ3) is 2.04. The van der Waals surface area contributed by atoms with Gasteiger partial charge in [-0.1, -0.05) is 42.5 Å². The highest BCUT2D eigenvalue weighted by Crippen LogP contribution is 2.33. The van der Waals surface area contributed by atoms with Crippen molar-refractivity contribution in [2.24, 2.45) is 0 Å². The summed E-state index contributed by atoms with van der Waals surface area (Å²) in [6.45, 7) is 2.23. The van der Waals surface area contributed by atoms with Crippen LogP contribution < -0.4 is 5.32 Å². The molecule has 0 amide bonds. The quantitative estimate of drug-likeness (QED) is 0.599. The average Bonchev–Trinajstić information content (AvgIpc) is 2.88. The second kappa shape index (κ2) is 4.81. The highest BCUT2D eigenvalue weighted by atomic mass is 14.9. The first kappa shape index (κ1) is 12.3. The lowest BCUT2D eigenvalue weighted by Crippen LogP contribution is -2.08. The lowest BCUT2D eigenvalue weighted by atomic mass is 10.0. The van der Waals surface area contributed by atoms with Gasteiger partial charge in [0.1, 0.15) is 0 Å². The van der Waals surface area contributed by atoms with Gasteiger partial charge in [0.05, 0.1) is 6.04 Å². The van der Waals surface area contributed by atoms with Crippen molar-refractivity contribution in [1.29, 1.82) is 0 Å². The molecule has 2 nitrogen and oxygen atoms in total. The van der Waals surface area contributed by atoms with Crippen LogP contribution >= 0.6 is 0 Å². The number of aromatic amines is 1. The van der Waals surface area contributed by atoms with E-state index in [4.69, 9.17) is 0 Å². The molecule has 0 saturated heterocycles. The molecule has 1 aliphatic heterocycles. The van der Waals surface area contributed by atoms with Crippen LogP contribution in [0.5, 0.6) is 0 Å². The fourth-order valence-electron chi connectivity index (χ4n) is 3.23. The molecule has 0 bridgehead atoms. The van der Waals surface area contributed by atoms with Crippen LogP contribution in [-0.2, 0) is 6.42 Å². The van der Waals surface area contributed by atoms with E-state index in [1.165, 1.54) is 33.4 Å². The fraction of sp³-hybridized carbons (Fsp3) is 0.158. The van der Waals surface area contributed by atoms with Gasteiger partial charge in [0.15, 0.2) is 0 Å². The predicted octanol–water partition coefficient (Wildman–Crippen LogP) is 4.91. The number of nitrogens with one attached hydrogen (secondary N) is 2. The van der Waals surface area contributed by atoms with Gasteiger partial charge in [0.25, 0.3) is 0 Å². The zero-order chi connectivity index (χ0) is 14.2. The van der Waals surface area contributed by atoms with Crippen LogP contribution in [0.15, 0.2) is 54.6 Å². The van der Waals surface area contributed by atoms with Gasteiger partial charge >= 0.3 is 0 Å². The van der Waals surface area contributed by atoms with Crippen molar-refractivity contribution in [1.82, 2.24) is 4.98 Å². The number of fused-ring (bicyclic) bond motifs is 4. The van der Waals surface area contributed by atoms with Crippen LogP contribution in [0.3, 0.4) is 0 Å². The van der Waals surface area contributed by atoms with Crippen LogP contribution in [0, 0.1) is 0 Å². The molecular formula is C19H18N2. The maximum absolute atomic E-state index is 3.68. The topological polar surface area (TPSA) is 27.8 Å². The molecule has 104 valence electrons. The molecule has 1 atom stereocenters. The van der Waals surface area contributed by atoms with Gasteiger partial charge < -0.3 is 10.3 Å². The van der Waals surface area contributed by atoms with E-state index in [9.17, 15) is 0 Å². The number of H-pyrrole nitrogens is 1. The summed E-state index contributed by atoms with van der Waals surface area (Å²) in [5.74, 6) is 0. The van der Waals surface area contributed by atoms with E-state index in [1.54, 1.807) is 0 Å². The number of benzene rings is 2. The molecule has 1 aromatic heterocycles. The number of hydrogen-bond acceptors (Lipinski definition) is 1. The van der Waals surface area contributed by atoms with E-state index in [1.807, 2.05) is 0 Å². The fourth-order valence-corrected chi connectivity index (χ4v) is 3.23. The number of hydrogen-bond donors (Lipinski definition) is 2. The van der Waals surface area contributed by atoms with Crippen molar-refractivity contribution >= 4 is 22.7 Å². The SMILES string of the molecule is CC1Nc2ccccc2C/C=C\c2[nH]c3ccccc3c21. The Morgan fingerprint density at radius 2 is 1.81 bits per heavy atom. The number of rotatable bonds is 0. The van der Waals surface area contributed by atoms with Crippen molar-refractivity contribution in [3.05, 3.63) is 71.4 Å². The van der Waals surface area contributed by atoms with E-state index in [0.29, 0.717) is 0 Å². The molecule has 0 spiro atoms. The first-order valence-corrected chi connectivity index (χ1v) is 7.44. The lowest BCUT2D eigenvalue weighted by Gasteiger charge is -2.17. The monoisotopic (exact) mass is 274 g/mol. The van der Waals surface area contributed by atoms with Gasteiger partial charge in [-0.3, -0.25) is 0 Å². The van der Waals surface area contributed by atoms with Gasteiger partial charge in [0, 0.05) is 27.8 Å². The number of allylic oxidation sites excluding steroid dienone is 1. The van der Waals surface area contributed by atoms with E-state index in [-0.39, 0.29) is 6.04 Å². The third-order valence-electron chi connectivity index (χ3n) is 4.22. The van der Waals surface area contributed by atoms with Gasteiger partial charge in [0.2, 0.25) is 0 Å². The zero-order valence-electron chi connectivity index (χ0n) is 12.1. The Balaban J connectivity index is 1.91. The molecule has 0 radical (unpaired) electrons. The molecule has 0 aliphatic carbocycles. The second-order valence-electron chi connectivity index (χ2n) is 5.63. The van der Waals surface area contributed by atoms with Crippen molar-refractivity contribution in [3.63, 3.8) is 0 Å². The Bertz CT molecular complexity index is 826. The molecule has 21 heavy (non-hydrogen) atoms. The van der Waals surface area contributed by atoms with E-state index in [0.717, 1.165) is 6.42 Å². The van der Waals surface area contributed by atoms with E-state index in [2.05, 4.69) is 77.9 Å². The summed E-state index contributed by atoms with van der Waals surface area (Å²) in [4.78, 5) is 3.54. The first-order valence-electron chi connectivity index (χ1n) is 7.44. The summed E-state index contributed by atoms with van der Waals surface area (Å²) in [5, 5.41) is 4.98. The van der Waals surface area contributed by atoms with Gasteiger partial charge in [-0.15, -0.1) is 0 Å². The zero-order valence-corrected chi connectivity index (χ0v) is 12.1. The van der Waals surface area contributed by atoms with Crippen molar-refractivity contribution in [2.45, 2.75) is 19.4 Å². The van der Waals surface area contributed by atoms with Gasteiger partial charge in [-0.2, -0.15) is 0 Å². The third-order valence-corrected chi connectivity index (χ3v) is 4.22. The van der Waals surface area contributed by atoms with E-state index >= 15 is 0 Å². The first-order chi connectivity index (χ1) is 10.3. The maximum Gasteiger partial charge on any atom is 0.0513 e. The Morgan fingerprint density at radius 3 is 2.76 bits per heavy atom. The summed E-state index contributed by atoms with van der Waals surface area (Å²) in [5.41, 5.74) is 6.33. The molecule has 1 unspecified atom stereocenters. The van der Waals surface area contributed by atoms with Crippen LogP contribution in [0.4, 0.5) is 5.69 Å². The minimum atomic E-state index is 0.264. The molecule has 3 aromatic rings. The maximum atomic E-state index is 3.68. The van der Waals surface area contributed by atoms with Crippen LogP contribution in [0.25, 0.3) is 17.0 Å². The number of aromatic nitrogens is 1. The van der Waals surface area contributed by atoms with Gasteiger partial charge in [-0.25, -0.2) is 0 Å². The Hall–Kier alpha value is -2.48. The molecule has 2 heteroatoms. The predicted molar refractivity (Wildman–Crippen MR) is 89.5 cm³/mol. The Morgan fingerprint density at radius 1 is 1.00 bits per heavy atom. The number of para-hydroxylation sites is 2. The van der Waals surface area contributed by atoms with Crippen molar-refractivity contribution < 1.29 is 0 Å². The number of anilines is 1. The summed E-state index contributed by atoms with van der Waals surface area (Å²) in [6, 6.07) is 17.3. The Kier molecular flexibility index (Phi) is 2.81. The summed E-state index contributed by atoms with van der Waals surface area (Å²) < 4.78 is 0. The minimum Gasteiger partial charge on any atom is -0.378 e. The molecule has 2 heterocycles. The average molecular weight is 274 g/mol. The second-order valence-corrected chi connectivity index (χ2v) is 5.63. The molecule has 0 saturated carbocycles. The summed E-state index contributed by atoms with van der Waals surface area (Å²) >= 11 is 0. The van der Waals surface area contributed by atoms with Crippen LogP contribution in [0.1, 0.15) is 29.8 Å². The largest absolute Gasteiger partial charge is 0.378 e. The van der Waals surface area contributed by atoms with E-state index < -0.39 is 0 Å². The highest BCUT2D eigenvalue weighted by Gasteiger charge is 2.17. The molecule has 0 fully saturated rings. The minimum absolute atomic E-state index is 0.264. The molecule has 2 N–H and O–H groups in total. The molecule has 4 rings (SSSR count). The molecule has 1 aliphatic rings. The van der Waals surface area contributed by atoms with Crippen molar-refractivity contribution in [2.75, 3.05) is 5.32 Å². The summed E-state index contributed by atoms with van der Waals surface area (Å²) in [7, 11) is 0. The normalized spacial score (nSPS) is 18.8. The van der Waals surface area contributed by atoms with Crippen LogP contribution in [-0.4, -0.2) is 4.98 Å². The standard InChI is InChI=1S/C19H18N2/c1-13-19-15-9-3-5-11-17(15)21-18(19)12-6-8-14-7-2-4-10-16(14)20-13/h2-7,9-13,20-21H,8H2,1H3/b12-6-. The highest BCUT2D eigenvalue weighted by molar-refractivity contribution is 5.88. The smallest absolute Gasteiger partial charge is 0.0513 e. The Labute approximate surface area is 124 Å². The van der Waals surface area contributed by atoms with Gasteiger partial charge in [-0.05, 0) is 37.1 Å². The molecular weight excluding hydrogens is 256 g/mol. The lowest BCUT2D eigenvalue weighted by molar-refractivity contribution is 0.888.